The number of halogens is 2. The number of amides is 3. The summed E-state index contributed by atoms with van der Waals surface area (Å²) in [7, 11) is 2.97. The maximum absolute atomic E-state index is 15.2. The van der Waals surface area contributed by atoms with Crippen molar-refractivity contribution in [3.63, 3.8) is 0 Å². The van der Waals surface area contributed by atoms with Crippen molar-refractivity contribution in [1.82, 2.24) is 4.90 Å². The summed E-state index contributed by atoms with van der Waals surface area (Å²) in [5, 5.41) is 2.79. The molecule has 0 spiro atoms. The number of alkyl halides is 2. The highest BCUT2D eigenvalue weighted by Crippen LogP contribution is 2.43. The van der Waals surface area contributed by atoms with Crippen LogP contribution in [0.3, 0.4) is 0 Å². The van der Waals surface area contributed by atoms with Gasteiger partial charge in [0, 0.05) is 55.5 Å². The lowest BCUT2D eigenvalue weighted by Gasteiger charge is -2.23. The molecule has 1 aliphatic heterocycles. The van der Waals surface area contributed by atoms with E-state index in [2.05, 4.69) is 5.32 Å². The van der Waals surface area contributed by atoms with Gasteiger partial charge in [-0.2, -0.15) is 0 Å². The van der Waals surface area contributed by atoms with E-state index >= 15 is 8.78 Å². The number of nitrogens with one attached hydrogen (secondary N) is 1. The van der Waals surface area contributed by atoms with Crippen LogP contribution in [0.25, 0.3) is 5.57 Å². The Kier molecular flexibility index (Phi) is 8.09. The number of fused-ring (bicyclic) bond motifs is 1. The zero-order chi connectivity index (χ0) is 28.2. The molecule has 0 fully saturated rings. The van der Waals surface area contributed by atoms with Crippen LogP contribution in [0.2, 0.25) is 0 Å². The summed E-state index contributed by atoms with van der Waals surface area (Å²) in [6.45, 7) is 1.99. The fraction of sp³-hybridized carbons (Fsp3) is 0.233. The van der Waals surface area contributed by atoms with Gasteiger partial charge in [-0.05, 0) is 49.4 Å². The zero-order valence-electron chi connectivity index (χ0n) is 21.9. The van der Waals surface area contributed by atoms with Gasteiger partial charge in [0.1, 0.15) is 5.75 Å². The predicted molar refractivity (Wildman–Crippen MR) is 146 cm³/mol. The Bertz CT molecular complexity index is 1420. The van der Waals surface area contributed by atoms with Gasteiger partial charge >= 0.3 is 0 Å². The fourth-order valence-corrected chi connectivity index (χ4v) is 4.27. The van der Waals surface area contributed by atoms with Crippen molar-refractivity contribution in [1.29, 1.82) is 0 Å². The van der Waals surface area contributed by atoms with Crippen molar-refractivity contribution < 1.29 is 27.9 Å². The molecule has 7 nitrogen and oxygen atoms in total. The molecule has 3 amide bonds. The van der Waals surface area contributed by atoms with Gasteiger partial charge in [0.25, 0.3) is 17.7 Å². The van der Waals surface area contributed by atoms with E-state index < -0.39 is 29.7 Å². The monoisotopic (exact) mass is 533 g/mol. The predicted octanol–water partition coefficient (Wildman–Crippen LogP) is 5.50. The maximum Gasteiger partial charge on any atom is 0.275 e. The van der Waals surface area contributed by atoms with Crippen molar-refractivity contribution in [2.75, 3.05) is 37.5 Å². The number of likely N-dealkylation sites (N-methyl/N-ethyl adjacent to an activating group) is 1. The van der Waals surface area contributed by atoms with Gasteiger partial charge in [-0.15, -0.1) is 0 Å². The van der Waals surface area contributed by atoms with E-state index in [0.29, 0.717) is 29.3 Å². The minimum atomic E-state index is -3.32. The largest absolute Gasteiger partial charge is 0.493 e. The Hall–Kier alpha value is -4.53. The molecule has 0 aromatic heterocycles. The molecule has 1 heterocycles. The second-order valence-electron chi connectivity index (χ2n) is 9.18. The fourth-order valence-electron chi connectivity index (χ4n) is 4.27. The molecule has 0 radical (unpaired) electrons. The van der Waals surface area contributed by atoms with E-state index in [0.717, 1.165) is 6.08 Å². The number of hydrogen-bond acceptors (Lipinski definition) is 4. The van der Waals surface area contributed by atoms with E-state index in [1.807, 2.05) is 6.92 Å². The smallest absolute Gasteiger partial charge is 0.275 e. The molecule has 0 aliphatic carbocycles. The van der Waals surface area contributed by atoms with Gasteiger partial charge in [-0.25, -0.2) is 8.78 Å². The second-order valence-corrected chi connectivity index (χ2v) is 9.18. The molecule has 0 unspecified atom stereocenters. The highest BCUT2D eigenvalue weighted by atomic mass is 19.3. The van der Waals surface area contributed by atoms with Crippen LogP contribution < -0.4 is 15.0 Å². The molecule has 0 bridgehead atoms. The normalized spacial score (nSPS) is 15.2. The molecule has 202 valence electrons. The SMILES string of the molecule is CCOc1ccccc1C(=O)Nc1ccc(C(=O)N2CCC(F)(F)C(=CC(=O)N(C)C)c3ccccc32)cc1. The number of anilines is 2. The first kappa shape index (κ1) is 27.5. The maximum atomic E-state index is 15.2. The first-order chi connectivity index (χ1) is 18.6. The van der Waals surface area contributed by atoms with Crippen molar-refractivity contribution >= 4 is 34.7 Å². The summed E-state index contributed by atoms with van der Waals surface area (Å²) in [5.41, 5.74) is 1.09. The molecule has 39 heavy (non-hydrogen) atoms. The first-order valence-electron chi connectivity index (χ1n) is 12.5. The van der Waals surface area contributed by atoms with Gasteiger partial charge in [0.05, 0.1) is 17.9 Å². The number of carbonyl (C=O) groups is 3. The van der Waals surface area contributed by atoms with Crippen LogP contribution >= 0.6 is 0 Å². The van der Waals surface area contributed by atoms with Crippen molar-refractivity contribution in [3.05, 3.63) is 95.6 Å². The molecule has 0 atom stereocenters. The Morgan fingerprint density at radius 1 is 1.00 bits per heavy atom. The number of rotatable bonds is 6. The van der Waals surface area contributed by atoms with E-state index in [4.69, 9.17) is 4.74 Å². The average Bonchev–Trinajstić information content (AvgIpc) is 3.03. The summed E-state index contributed by atoms with van der Waals surface area (Å²) in [6.07, 6.45) is 0.293. The van der Waals surface area contributed by atoms with E-state index in [1.165, 1.54) is 42.1 Å². The van der Waals surface area contributed by atoms with Gasteiger partial charge < -0.3 is 19.9 Å². The third-order valence-corrected chi connectivity index (χ3v) is 6.30. The minimum absolute atomic E-state index is 0.125. The molecule has 9 heteroatoms. The first-order valence-corrected chi connectivity index (χ1v) is 12.5. The van der Waals surface area contributed by atoms with Crippen LogP contribution in [0, 0.1) is 0 Å². The highest BCUT2D eigenvalue weighted by Gasteiger charge is 2.41. The van der Waals surface area contributed by atoms with E-state index in [-0.39, 0.29) is 23.6 Å². The van der Waals surface area contributed by atoms with Crippen LogP contribution in [0.4, 0.5) is 20.2 Å². The van der Waals surface area contributed by atoms with Crippen LogP contribution in [0.15, 0.2) is 78.9 Å². The lowest BCUT2D eigenvalue weighted by atomic mass is 9.97. The zero-order valence-corrected chi connectivity index (χ0v) is 21.9. The Balaban J connectivity index is 1.60. The Morgan fingerprint density at radius 2 is 1.67 bits per heavy atom. The second kappa shape index (κ2) is 11.5. The van der Waals surface area contributed by atoms with Gasteiger partial charge in [-0.1, -0.05) is 30.3 Å². The van der Waals surface area contributed by atoms with E-state index in [1.54, 1.807) is 54.6 Å². The molecular formula is C30H29F2N3O4. The number of benzene rings is 3. The Labute approximate surface area is 225 Å². The summed E-state index contributed by atoms with van der Waals surface area (Å²) >= 11 is 0. The van der Waals surface area contributed by atoms with Gasteiger partial charge in [0.15, 0.2) is 0 Å². The van der Waals surface area contributed by atoms with Crippen molar-refractivity contribution in [2.24, 2.45) is 0 Å². The molecule has 1 N–H and O–H groups in total. The number of carbonyl (C=O) groups excluding carboxylic acids is 3. The quantitative estimate of drug-likeness (QED) is 0.425. The van der Waals surface area contributed by atoms with Crippen LogP contribution in [-0.4, -0.2) is 55.8 Å². The number of allylic oxidation sites excluding steroid dienone is 1. The number of para-hydroxylation sites is 2. The molecular weight excluding hydrogens is 504 g/mol. The molecule has 3 aromatic carbocycles. The topological polar surface area (TPSA) is 79.0 Å². The average molecular weight is 534 g/mol. The van der Waals surface area contributed by atoms with Crippen molar-refractivity contribution in [2.45, 2.75) is 19.3 Å². The van der Waals surface area contributed by atoms with Crippen LogP contribution in [0.1, 0.15) is 39.6 Å². The summed E-state index contributed by atoms with van der Waals surface area (Å²) < 4.78 is 36.0. The summed E-state index contributed by atoms with van der Waals surface area (Å²) in [5.74, 6) is -4.27. The summed E-state index contributed by atoms with van der Waals surface area (Å²) in [4.78, 5) is 41.1. The number of nitrogens with zero attached hydrogens (tertiary/aromatic N) is 2. The third kappa shape index (κ3) is 5.98. The molecule has 0 saturated heterocycles. The lowest BCUT2D eigenvalue weighted by molar-refractivity contribution is -0.123. The third-order valence-electron chi connectivity index (χ3n) is 6.30. The summed E-state index contributed by atoms with van der Waals surface area (Å²) in [6, 6.07) is 19.4. The van der Waals surface area contributed by atoms with Crippen LogP contribution in [-0.2, 0) is 4.79 Å². The van der Waals surface area contributed by atoms with E-state index in [9.17, 15) is 14.4 Å². The molecule has 4 rings (SSSR count). The Morgan fingerprint density at radius 3 is 2.36 bits per heavy atom. The van der Waals surface area contributed by atoms with Crippen molar-refractivity contribution in [3.8, 4) is 5.75 Å². The lowest BCUT2D eigenvalue weighted by Crippen LogP contribution is -2.33. The number of ether oxygens (including phenoxy) is 1. The highest BCUT2D eigenvalue weighted by molar-refractivity contribution is 6.10. The standard InChI is InChI=1S/C30H29F2N3O4/c1-4-39-26-12-8-6-10-23(26)28(37)33-21-15-13-20(14-16-21)29(38)35-18-17-30(31,32)24(19-27(36)34(2)3)22-9-5-7-11-25(22)35/h5-16,19H,4,17-18H2,1-3H3,(H,33,37). The van der Waals surface area contributed by atoms with Gasteiger partial charge in [-0.3, -0.25) is 14.4 Å². The molecule has 3 aromatic rings. The molecule has 1 aliphatic rings. The van der Waals surface area contributed by atoms with Crippen LogP contribution in [0.5, 0.6) is 5.75 Å². The van der Waals surface area contributed by atoms with Gasteiger partial charge in [0.2, 0.25) is 5.91 Å². The number of hydrogen-bond donors (Lipinski definition) is 1. The molecule has 0 saturated carbocycles. The minimum Gasteiger partial charge on any atom is -0.493 e.